The molecule has 0 aliphatic heterocycles. The number of hydrogen-bond donors (Lipinski definition) is 0. The first-order valence-electron chi connectivity index (χ1n) is 13.9. The lowest BCUT2D eigenvalue weighted by Gasteiger charge is -2.09. The van der Waals surface area contributed by atoms with Gasteiger partial charge in [0.05, 0.1) is 18.8 Å². The van der Waals surface area contributed by atoms with Crippen LogP contribution in [-0.4, -0.2) is 19.2 Å². The van der Waals surface area contributed by atoms with Crippen molar-refractivity contribution in [2.45, 2.75) is 104 Å². The van der Waals surface area contributed by atoms with Crippen molar-refractivity contribution in [2.24, 2.45) is 0 Å². The van der Waals surface area contributed by atoms with Crippen molar-refractivity contribution in [3.05, 3.63) is 54.1 Å². The summed E-state index contributed by atoms with van der Waals surface area (Å²) in [5.74, 6) is 1.72. The highest BCUT2D eigenvalue weighted by atomic mass is 16.5. The monoisotopic (exact) mass is 482 g/mol. The molecule has 0 spiro atoms. The second-order valence-corrected chi connectivity index (χ2v) is 9.32. The third-order valence-corrected chi connectivity index (χ3v) is 6.16. The molecule has 0 unspecified atom stereocenters. The van der Waals surface area contributed by atoms with Gasteiger partial charge in [-0.25, -0.2) is 4.79 Å². The Balaban J connectivity index is 1.58. The molecule has 0 heterocycles. The van der Waals surface area contributed by atoms with Crippen LogP contribution < -0.4 is 14.2 Å². The Hall–Kier alpha value is -2.49. The van der Waals surface area contributed by atoms with Crippen molar-refractivity contribution in [3.63, 3.8) is 0 Å². The van der Waals surface area contributed by atoms with Gasteiger partial charge in [-0.15, -0.1) is 0 Å². The first-order chi connectivity index (χ1) is 17.2. The van der Waals surface area contributed by atoms with Gasteiger partial charge in [0, 0.05) is 0 Å². The summed E-state index contributed by atoms with van der Waals surface area (Å²) in [5, 5.41) is 0. The van der Waals surface area contributed by atoms with Crippen LogP contribution in [0.4, 0.5) is 0 Å². The molecule has 4 heteroatoms. The molecule has 0 atom stereocenters. The van der Waals surface area contributed by atoms with Gasteiger partial charge in [0.25, 0.3) is 0 Å². The quantitative estimate of drug-likeness (QED) is 0.107. The van der Waals surface area contributed by atoms with E-state index in [1.807, 2.05) is 24.3 Å². The normalized spacial score (nSPS) is 10.8. The molecule has 35 heavy (non-hydrogen) atoms. The first kappa shape index (κ1) is 28.7. The summed E-state index contributed by atoms with van der Waals surface area (Å²) in [6, 6.07) is 14.4. The highest BCUT2D eigenvalue weighted by Crippen LogP contribution is 2.20. The minimum atomic E-state index is -0.375. The lowest BCUT2D eigenvalue weighted by Crippen LogP contribution is -2.08. The van der Waals surface area contributed by atoms with E-state index < -0.39 is 0 Å². The molecule has 0 bridgehead atoms. The molecule has 0 radical (unpaired) electrons. The number of esters is 1. The highest BCUT2D eigenvalue weighted by Gasteiger charge is 2.09. The van der Waals surface area contributed by atoms with Crippen LogP contribution in [-0.2, 0) is 0 Å². The van der Waals surface area contributed by atoms with Crippen molar-refractivity contribution in [3.8, 4) is 17.2 Å². The van der Waals surface area contributed by atoms with Crippen molar-refractivity contribution < 1.29 is 19.0 Å². The third kappa shape index (κ3) is 13.2. The van der Waals surface area contributed by atoms with Gasteiger partial charge in [0.1, 0.15) is 17.2 Å². The smallest absolute Gasteiger partial charge is 0.343 e. The Bertz CT molecular complexity index is 783. The predicted octanol–water partition coefficient (Wildman–Crippen LogP) is 9.16. The van der Waals surface area contributed by atoms with E-state index in [1.54, 1.807) is 24.3 Å². The molecule has 0 N–H and O–H groups in total. The zero-order chi connectivity index (χ0) is 25.0. The van der Waals surface area contributed by atoms with Gasteiger partial charge in [0.15, 0.2) is 0 Å². The molecular weight excluding hydrogens is 436 g/mol. The summed E-state index contributed by atoms with van der Waals surface area (Å²) in [7, 11) is 0. The van der Waals surface area contributed by atoms with Gasteiger partial charge in [-0.05, 0) is 61.4 Å². The van der Waals surface area contributed by atoms with E-state index in [4.69, 9.17) is 14.2 Å². The van der Waals surface area contributed by atoms with Gasteiger partial charge in [-0.2, -0.15) is 0 Å². The largest absolute Gasteiger partial charge is 0.494 e. The Labute approximate surface area is 213 Å². The summed E-state index contributed by atoms with van der Waals surface area (Å²) < 4.78 is 17.1. The van der Waals surface area contributed by atoms with E-state index in [9.17, 15) is 4.79 Å². The number of unbranched alkanes of at least 4 members (excludes halogenated alkanes) is 12. The molecule has 0 aliphatic carbocycles. The fraction of sp³-hybridized carbons (Fsp3) is 0.581. The second kappa shape index (κ2) is 18.8. The number of benzene rings is 2. The Kier molecular flexibility index (Phi) is 15.4. The molecule has 4 nitrogen and oxygen atoms in total. The average Bonchev–Trinajstić information content (AvgIpc) is 2.88. The van der Waals surface area contributed by atoms with Crippen LogP contribution in [0.3, 0.4) is 0 Å². The van der Waals surface area contributed by atoms with Crippen LogP contribution in [0.1, 0.15) is 114 Å². The van der Waals surface area contributed by atoms with Crippen LogP contribution in [0.2, 0.25) is 0 Å². The number of hydrogen-bond acceptors (Lipinski definition) is 4. The van der Waals surface area contributed by atoms with E-state index >= 15 is 0 Å². The molecule has 0 fully saturated rings. The van der Waals surface area contributed by atoms with Gasteiger partial charge in [-0.3, -0.25) is 0 Å². The Morgan fingerprint density at radius 3 is 1.37 bits per heavy atom. The number of rotatable bonds is 20. The van der Waals surface area contributed by atoms with Gasteiger partial charge >= 0.3 is 5.97 Å². The minimum Gasteiger partial charge on any atom is -0.494 e. The molecule has 0 saturated heterocycles. The standard InChI is InChI=1S/C31H46O4/c1-3-5-7-9-10-11-12-13-14-16-26-33-28-19-17-27(18-20-28)31(32)35-30-23-21-29(22-24-30)34-25-15-8-6-4-2/h17-24H,3-16,25-26H2,1-2H3. The third-order valence-electron chi connectivity index (χ3n) is 6.16. The number of ether oxygens (including phenoxy) is 3. The zero-order valence-corrected chi connectivity index (χ0v) is 22.1. The zero-order valence-electron chi connectivity index (χ0n) is 22.1. The molecule has 194 valence electrons. The topological polar surface area (TPSA) is 44.8 Å². The summed E-state index contributed by atoms with van der Waals surface area (Å²) in [6.45, 7) is 5.89. The predicted molar refractivity (Wildman–Crippen MR) is 145 cm³/mol. The highest BCUT2D eigenvalue weighted by molar-refractivity contribution is 5.91. The van der Waals surface area contributed by atoms with Crippen LogP contribution in [0, 0.1) is 0 Å². The molecule has 0 amide bonds. The molecule has 0 aromatic heterocycles. The van der Waals surface area contributed by atoms with Crippen molar-refractivity contribution in [1.82, 2.24) is 0 Å². The maximum Gasteiger partial charge on any atom is 0.343 e. The minimum absolute atomic E-state index is 0.375. The van der Waals surface area contributed by atoms with Gasteiger partial charge in [0.2, 0.25) is 0 Å². The fourth-order valence-electron chi connectivity index (χ4n) is 3.96. The lowest BCUT2D eigenvalue weighted by molar-refractivity contribution is 0.0734. The Morgan fingerprint density at radius 1 is 0.514 bits per heavy atom. The summed E-state index contributed by atoms with van der Waals surface area (Å²) in [6.07, 6.45) is 17.8. The van der Waals surface area contributed by atoms with Gasteiger partial charge < -0.3 is 14.2 Å². The molecule has 2 aromatic carbocycles. The maximum absolute atomic E-state index is 12.4. The second-order valence-electron chi connectivity index (χ2n) is 9.32. The summed E-state index contributed by atoms with van der Waals surface area (Å²) in [4.78, 5) is 12.4. The summed E-state index contributed by atoms with van der Waals surface area (Å²) in [5.41, 5.74) is 0.507. The number of carbonyl (C=O) groups is 1. The molecule has 0 saturated carbocycles. The average molecular weight is 483 g/mol. The first-order valence-corrected chi connectivity index (χ1v) is 13.9. The fourth-order valence-corrected chi connectivity index (χ4v) is 3.96. The van der Waals surface area contributed by atoms with E-state index in [0.29, 0.717) is 24.5 Å². The van der Waals surface area contributed by atoms with Crippen LogP contribution in [0.15, 0.2) is 48.5 Å². The van der Waals surface area contributed by atoms with E-state index in [-0.39, 0.29) is 5.97 Å². The summed E-state index contributed by atoms with van der Waals surface area (Å²) >= 11 is 0. The van der Waals surface area contributed by atoms with Crippen LogP contribution in [0.5, 0.6) is 17.2 Å². The van der Waals surface area contributed by atoms with Crippen LogP contribution in [0.25, 0.3) is 0 Å². The van der Waals surface area contributed by atoms with E-state index in [0.717, 1.165) is 24.3 Å². The van der Waals surface area contributed by atoms with E-state index in [2.05, 4.69) is 13.8 Å². The maximum atomic E-state index is 12.4. The SMILES string of the molecule is CCCCCCCCCCCCOc1ccc(C(=O)Oc2ccc(OCCCCCC)cc2)cc1. The molecular formula is C31H46O4. The molecule has 2 aromatic rings. The Morgan fingerprint density at radius 2 is 0.886 bits per heavy atom. The number of carbonyl (C=O) groups excluding carboxylic acids is 1. The van der Waals surface area contributed by atoms with Crippen molar-refractivity contribution in [1.29, 1.82) is 0 Å². The van der Waals surface area contributed by atoms with Crippen molar-refractivity contribution >= 4 is 5.97 Å². The van der Waals surface area contributed by atoms with Crippen LogP contribution >= 0.6 is 0 Å². The molecule has 2 rings (SSSR count). The molecule has 0 aliphatic rings. The lowest BCUT2D eigenvalue weighted by atomic mass is 10.1. The van der Waals surface area contributed by atoms with E-state index in [1.165, 1.54) is 77.0 Å². The van der Waals surface area contributed by atoms with Crippen molar-refractivity contribution in [2.75, 3.05) is 13.2 Å². The van der Waals surface area contributed by atoms with Gasteiger partial charge in [-0.1, -0.05) is 90.9 Å².